The molecule has 9 nitrogen and oxygen atoms in total. The number of benzene rings is 2. The monoisotopic (exact) mass is 439 g/mol. The first kappa shape index (κ1) is 20.6. The number of hydrogen-bond donors (Lipinski definition) is 2. The van der Waals surface area contributed by atoms with Gasteiger partial charge in [0.2, 0.25) is 28.6 Å². The van der Waals surface area contributed by atoms with Gasteiger partial charge in [-0.25, -0.2) is 18.1 Å². The van der Waals surface area contributed by atoms with E-state index >= 15 is 0 Å². The summed E-state index contributed by atoms with van der Waals surface area (Å²) in [5.74, 6) is 1.45. The van der Waals surface area contributed by atoms with E-state index in [1.54, 1.807) is 30.7 Å². The zero-order chi connectivity index (χ0) is 21.7. The summed E-state index contributed by atoms with van der Waals surface area (Å²) in [7, 11) is -2.19. The maximum atomic E-state index is 12.1. The van der Waals surface area contributed by atoms with Crippen LogP contribution in [0, 0.1) is 0 Å². The fourth-order valence-electron chi connectivity index (χ4n) is 2.96. The number of hydrogen-bond acceptors (Lipinski definition) is 8. The smallest absolute Gasteiger partial charge is 0.240 e. The van der Waals surface area contributed by atoms with Gasteiger partial charge >= 0.3 is 0 Å². The first-order chi connectivity index (χ1) is 15.0. The fourth-order valence-corrected chi connectivity index (χ4v) is 3.74. The Bertz CT molecular complexity index is 1190. The second-order valence-corrected chi connectivity index (χ2v) is 8.44. The standard InChI is InChI=1S/C21H21N5O4S/c1-22-31(27,28)18-9-5-8-17(12-18)24-21-23-11-10-19(25-21)26(20-14-29-15-30-20)13-16-6-3-2-4-7-16/h2-12,14,22H,13,15H2,1H3,(H,23,24,25). The number of ether oxygens (including phenoxy) is 2. The average molecular weight is 439 g/mol. The molecule has 2 N–H and O–H groups in total. The number of sulfonamides is 1. The highest BCUT2D eigenvalue weighted by molar-refractivity contribution is 7.89. The molecule has 4 rings (SSSR count). The molecular formula is C21H21N5O4S. The second-order valence-electron chi connectivity index (χ2n) is 6.56. The molecule has 0 saturated carbocycles. The van der Waals surface area contributed by atoms with E-state index in [-0.39, 0.29) is 11.7 Å². The second kappa shape index (κ2) is 9.02. The molecule has 1 aliphatic heterocycles. The highest BCUT2D eigenvalue weighted by Gasteiger charge is 2.20. The van der Waals surface area contributed by atoms with Crippen LogP contribution >= 0.6 is 0 Å². The molecule has 1 aliphatic rings. The van der Waals surface area contributed by atoms with E-state index in [1.165, 1.54) is 19.2 Å². The quantitative estimate of drug-likeness (QED) is 0.552. The molecule has 2 aromatic carbocycles. The van der Waals surface area contributed by atoms with Crippen molar-refractivity contribution >= 4 is 27.5 Å². The van der Waals surface area contributed by atoms with Crippen LogP contribution in [-0.4, -0.2) is 32.2 Å². The van der Waals surface area contributed by atoms with Gasteiger partial charge in [0.15, 0.2) is 0 Å². The zero-order valence-corrected chi connectivity index (χ0v) is 17.5. The largest absolute Gasteiger partial charge is 0.459 e. The normalized spacial score (nSPS) is 13.1. The Morgan fingerprint density at radius 2 is 1.94 bits per heavy atom. The molecule has 0 aliphatic carbocycles. The summed E-state index contributed by atoms with van der Waals surface area (Å²) in [6.07, 6.45) is 3.16. The van der Waals surface area contributed by atoms with E-state index < -0.39 is 10.0 Å². The summed E-state index contributed by atoms with van der Waals surface area (Å²) < 4.78 is 37.2. The molecule has 31 heavy (non-hydrogen) atoms. The third-order valence-electron chi connectivity index (χ3n) is 4.50. The molecule has 3 aromatic rings. The summed E-state index contributed by atoms with van der Waals surface area (Å²) in [5, 5.41) is 3.06. The van der Waals surface area contributed by atoms with Crippen molar-refractivity contribution in [2.45, 2.75) is 11.4 Å². The van der Waals surface area contributed by atoms with Gasteiger partial charge in [-0.3, -0.25) is 4.90 Å². The molecule has 160 valence electrons. The molecule has 0 saturated heterocycles. The lowest BCUT2D eigenvalue weighted by Crippen LogP contribution is -2.23. The van der Waals surface area contributed by atoms with Crippen LogP contribution in [0.2, 0.25) is 0 Å². The van der Waals surface area contributed by atoms with Crippen LogP contribution in [0.15, 0.2) is 83.9 Å². The first-order valence-corrected chi connectivity index (χ1v) is 10.9. The Balaban J connectivity index is 1.61. The Morgan fingerprint density at radius 3 is 2.68 bits per heavy atom. The van der Waals surface area contributed by atoms with E-state index in [0.717, 1.165) is 5.56 Å². The molecular weight excluding hydrogens is 418 g/mol. The van der Waals surface area contributed by atoms with Crippen molar-refractivity contribution in [3.05, 3.63) is 84.6 Å². The first-order valence-electron chi connectivity index (χ1n) is 9.45. The van der Waals surface area contributed by atoms with Crippen LogP contribution < -0.4 is 14.9 Å². The molecule has 0 amide bonds. The fraction of sp³-hybridized carbons (Fsp3) is 0.143. The van der Waals surface area contributed by atoms with Crippen LogP contribution in [0.25, 0.3) is 0 Å². The van der Waals surface area contributed by atoms with Crippen molar-refractivity contribution in [2.75, 3.05) is 24.1 Å². The molecule has 0 unspecified atom stereocenters. The summed E-state index contributed by atoms with van der Waals surface area (Å²) in [6.45, 7) is 0.659. The predicted molar refractivity (Wildman–Crippen MR) is 116 cm³/mol. The topological polar surface area (TPSA) is 106 Å². The lowest BCUT2D eigenvalue weighted by Gasteiger charge is -2.23. The Hall–Kier alpha value is -3.63. The van der Waals surface area contributed by atoms with Crippen LogP contribution in [0.1, 0.15) is 5.56 Å². The van der Waals surface area contributed by atoms with Gasteiger partial charge in [0.05, 0.1) is 11.4 Å². The van der Waals surface area contributed by atoms with Gasteiger partial charge in [-0.2, -0.15) is 4.98 Å². The van der Waals surface area contributed by atoms with Gasteiger partial charge in [-0.15, -0.1) is 0 Å². The lowest BCUT2D eigenvalue weighted by atomic mass is 10.2. The summed E-state index contributed by atoms with van der Waals surface area (Å²) >= 11 is 0. The Morgan fingerprint density at radius 1 is 1.10 bits per heavy atom. The van der Waals surface area contributed by atoms with Crippen molar-refractivity contribution in [1.82, 2.24) is 14.7 Å². The number of nitrogens with zero attached hydrogens (tertiary/aromatic N) is 3. The van der Waals surface area contributed by atoms with Crippen LogP contribution in [0.3, 0.4) is 0 Å². The van der Waals surface area contributed by atoms with E-state index in [2.05, 4.69) is 20.0 Å². The maximum Gasteiger partial charge on any atom is 0.240 e. The number of nitrogens with one attached hydrogen (secondary N) is 2. The van der Waals surface area contributed by atoms with Crippen molar-refractivity contribution in [2.24, 2.45) is 0 Å². The summed E-state index contributed by atoms with van der Waals surface area (Å²) in [6, 6.07) is 18.1. The van der Waals surface area contributed by atoms with Gasteiger partial charge in [-0.1, -0.05) is 36.4 Å². The third-order valence-corrected chi connectivity index (χ3v) is 5.91. The molecule has 0 spiro atoms. The van der Waals surface area contributed by atoms with Crippen LogP contribution in [-0.2, 0) is 26.0 Å². The van der Waals surface area contributed by atoms with Crippen LogP contribution in [0.4, 0.5) is 17.5 Å². The van der Waals surface area contributed by atoms with E-state index in [4.69, 9.17) is 9.47 Å². The van der Waals surface area contributed by atoms with Crippen molar-refractivity contribution < 1.29 is 17.9 Å². The molecule has 0 atom stereocenters. The lowest BCUT2D eigenvalue weighted by molar-refractivity contribution is 0.0781. The minimum Gasteiger partial charge on any atom is -0.459 e. The Kier molecular flexibility index (Phi) is 6.01. The van der Waals surface area contributed by atoms with E-state index in [9.17, 15) is 8.42 Å². The Labute approximate surface area is 180 Å². The van der Waals surface area contributed by atoms with Crippen molar-refractivity contribution in [3.63, 3.8) is 0 Å². The molecule has 10 heteroatoms. The van der Waals surface area contributed by atoms with Crippen molar-refractivity contribution in [3.8, 4) is 0 Å². The van der Waals surface area contributed by atoms with E-state index in [0.29, 0.717) is 29.9 Å². The SMILES string of the molecule is CNS(=O)(=O)c1cccc(Nc2nccc(N(Cc3ccccc3)C3=COCO3)n2)c1. The number of aromatic nitrogens is 2. The average Bonchev–Trinajstić information content (AvgIpc) is 3.33. The highest BCUT2D eigenvalue weighted by atomic mass is 32.2. The highest BCUT2D eigenvalue weighted by Crippen LogP contribution is 2.25. The van der Waals surface area contributed by atoms with Crippen LogP contribution in [0.5, 0.6) is 0 Å². The molecule has 1 aromatic heterocycles. The predicted octanol–water partition coefficient (Wildman–Crippen LogP) is 2.94. The van der Waals surface area contributed by atoms with Gasteiger partial charge < -0.3 is 14.8 Å². The van der Waals surface area contributed by atoms with E-state index in [1.807, 2.05) is 35.2 Å². The summed E-state index contributed by atoms with van der Waals surface area (Å²) in [4.78, 5) is 10.9. The molecule has 0 radical (unpaired) electrons. The van der Waals surface area contributed by atoms with Gasteiger partial charge in [0, 0.05) is 11.9 Å². The van der Waals surface area contributed by atoms with Crippen molar-refractivity contribution in [1.29, 1.82) is 0 Å². The molecule has 0 bridgehead atoms. The van der Waals surface area contributed by atoms with Gasteiger partial charge in [-0.05, 0) is 36.9 Å². The minimum atomic E-state index is -3.56. The summed E-state index contributed by atoms with van der Waals surface area (Å²) in [5.41, 5.74) is 1.61. The molecule has 2 heterocycles. The maximum absolute atomic E-state index is 12.1. The van der Waals surface area contributed by atoms with Gasteiger partial charge in [0.1, 0.15) is 12.1 Å². The minimum absolute atomic E-state index is 0.142. The number of anilines is 3. The number of rotatable bonds is 8. The zero-order valence-electron chi connectivity index (χ0n) is 16.7. The molecule has 0 fully saturated rings. The third kappa shape index (κ3) is 4.93. The van der Waals surface area contributed by atoms with Gasteiger partial charge in [0.25, 0.3) is 0 Å².